The van der Waals surface area contributed by atoms with Crippen molar-refractivity contribution in [3.63, 3.8) is 0 Å². The number of aryl methyl sites for hydroxylation is 1. The van der Waals surface area contributed by atoms with Crippen LogP contribution >= 0.6 is 0 Å². The molecule has 1 atom stereocenters. The second-order valence-electron chi connectivity index (χ2n) is 4.90. The van der Waals surface area contributed by atoms with Crippen molar-refractivity contribution in [2.75, 3.05) is 6.54 Å². The molecule has 1 nitrogen and oxygen atoms in total. The molecule has 20 heavy (non-hydrogen) atoms. The van der Waals surface area contributed by atoms with E-state index < -0.39 is 11.6 Å². The van der Waals surface area contributed by atoms with Gasteiger partial charge in [-0.2, -0.15) is 0 Å². The second-order valence-corrected chi connectivity index (χ2v) is 4.90. The van der Waals surface area contributed by atoms with Gasteiger partial charge >= 0.3 is 0 Å². The van der Waals surface area contributed by atoms with Crippen LogP contribution in [0.2, 0.25) is 0 Å². The summed E-state index contributed by atoms with van der Waals surface area (Å²) in [7, 11) is 0. The van der Waals surface area contributed by atoms with Crippen molar-refractivity contribution in [2.45, 2.75) is 26.3 Å². The molecule has 2 aromatic carbocycles. The number of rotatable bonds is 5. The van der Waals surface area contributed by atoms with Gasteiger partial charge in [0.1, 0.15) is 0 Å². The Labute approximate surface area is 118 Å². The Morgan fingerprint density at radius 1 is 1.00 bits per heavy atom. The van der Waals surface area contributed by atoms with Crippen molar-refractivity contribution >= 4 is 0 Å². The highest BCUT2D eigenvalue weighted by atomic mass is 19.2. The molecular weight excluding hydrogens is 256 g/mol. The lowest BCUT2D eigenvalue weighted by molar-refractivity contribution is 0.476. The van der Waals surface area contributed by atoms with E-state index in [1.165, 1.54) is 0 Å². The molecule has 0 heterocycles. The van der Waals surface area contributed by atoms with Crippen LogP contribution in [0.15, 0.2) is 42.5 Å². The first-order valence-electron chi connectivity index (χ1n) is 6.88. The summed E-state index contributed by atoms with van der Waals surface area (Å²) in [5.41, 5.74) is 1.62. The number of hydrogen-bond acceptors (Lipinski definition) is 1. The monoisotopic (exact) mass is 275 g/mol. The highest BCUT2D eigenvalue weighted by Crippen LogP contribution is 2.27. The van der Waals surface area contributed by atoms with Gasteiger partial charge in [0, 0.05) is 5.56 Å². The molecule has 2 rings (SSSR count). The van der Waals surface area contributed by atoms with E-state index in [0.717, 1.165) is 18.5 Å². The first kappa shape index (κ1) is 14.7. The van der Waals surface area contributed by atoms with Gasteiger partial charge in [0.15, 0.2) is 11.6 Å². The fourth-order valence-corrected chi connectivity index (χ4v) is 2.23. The molecule has 0 spiro atoms. The van der Waals surface area contributed by atoms with Crippen LogP contribution in [-0.4, -0.2) is 6.54 Å². The molecule has 0 bridgehead atoms. The van der Waals surface area contributed by atoms with Crippen molar-refractivity contribution in [3.05, 3.63) is 70.8 Å². The first-order chi connectivity index (χ1) is 9.65. The van der Waals surface area contributed by atoms with Crippen molar-refractivity contribution in [3.8, 4) is 0 Å². The molecule has 106 valence electrons. The van der Waals surface area contributed by atoms with Crippen LogP contribution in [0.4, 0.5) is 8.78 Å². The molecule has 0 amide bonds. The lowest BCUT2D eigenvalue weighted by Gasteiger charge is -2.20. The minimum atomic E-state index is -0.762. The van der Waals surface area contributed by atoms with Crippen molar-refractivity contribution < 1.29 is 8.78 Å². The molecule has 0 radical (unpaired) electrons. The van der Waals surface area contributed by atoms with E-state index in [2.05, 4.69) is 5.32 Å². The lowest BCUT2D eigenvalue weighted by atomic mass is 9.97. The van der Waals surface area contributed by atoms with Crippen LogP contribution in [0.1, 0.15) is 36.1 Å². The SMILES string of the molecule is CCCNC(c1ccccc1)c1ccc(C)c(F)c1F. The van der Waals surface area contributed by atoms with E-state index in [4.69, 9.17) is 0 Å². The maximum Gasteiger partial charge on any atom is 0.164 e. The lowest BCUT2D eigenvalue weighted by Crippen LogP contribution is -2.24. The molecule has 0 saturated carbocycles. The fraction of sp³-hybridized carbons (Fsp3) is 0.294. The highest BCUT2D eigenvalue weighted by Gasteiger charge is 2.20. The van der Waals surface area contributed by atoms with Gasteiger partial charge in [-0.05, 0) is 31.0 Å². The van der Waals surface area contributed by atoms with Crippen LogP contribution in [-0.2, 0) is 0 Å². The largest absolute Gasteiger partial charge is 0.306 e. The second kappa shape index (κ2) is 6.62. The molecule has 0 saturated heterocycles. The Bertz CT molecular complexity index is 567. The summed E-state index contributed by atoms with van der Waals surface area (Å²) < 4.78 is 28.0. The van der Waals surface area contributed by atoms with Crippen LogP contribution in [0.25, 0.3) is 0 Å². The topological polar surface area (TPSA) is 12.0 Å². The van der Waals surface area contributed by atoms with E-state index in [1.807, 2.05) is 37.3 Å². The summed E-state index contributed by atoms with van der Waals surface area (Å²) in [6, 6.07) is 12.5. The zero-order chi connectivity index (χ0) is 14.5. The maximum absolute atomic E-state index is 14.2. The van der Waals surface area contributed by atoms with Gasteiger partial charge in [0.2, 0.25) is 0 Å². The quantitative estimate of drug-likeness (QED) is 0.854. The molecule has 0 aliphatic carbocycles. The minimum absolute atomic E-state index is 0.327. The Morgan fingerprint density at radius 2 is 1.70 bits per heavy atom. The number of halogens is 2. The third-order valence-corrected chi connectivity index (χ3v) is 3.35. The highest BCUT2D eigenvalue weighted by molar-refractivity contribution is 5.35. The van der Waals surface area contributed by atoms with Crippen molar-refractivity contribution in [1.29, 1.82) is 0 Å². The van der Waals surface area contributed by atoms with Gasteiger partial charge in [-0.1, -0.05) is 49.4 Å². The van der Waals surface area contributed by atoms with E-state index in [0.29, 0.717) is 11.1 Å². The van der Waals surface area contributed by atoms with Gasteiger partial charge in [0.05, 0.1) is 6.04 Å². The van der Waals surface area contributed by atoms with Gasteiger partial charge < -0.3 is 5.32 Å². The van der Waals surface area contributed by atoms with E-state index >= 15 is 0 Å². The standard InChI is InChI=1S/C17H19F2N/c1-3-11-20-17(13-7-5-4-6-8-13)14-10-9-12(2)15(18)16(14)19/h4-10,17,20H,3,11H2,1-2H3. The van der Waals surface area contributed by atoms with Gasteiger partial charge in [-0.15, -0.1) is 0 Å². The Balaban J connectivity index is 2.44. The number of nitrogens with one attached hydrogen (secondary N) is 1. The Morgan fingerprint density at radius 3 is 2.35 bits per heavy atom. The molecule has 2 aromatic rings. The summed E-state index contributed by atoms with van der Waals surface area (Å²) in [6.07, 6.45) is 0.930. The van der Waals surface area contributed by atoms with Crippen LogP contribution in [0, 0.1) is 18.6 Å². The van der Waals surface area contributed by atoms with E-state index in [1.54, 1.807) is 19.1 Å². The fourth-order valence-electron chi connectivity index (χ4n) is 2.23. The van der Waals surface area contributed by atoms with Gasteiger partial charge in [0.25, 0.3) is 0 Å². The average molecular weight is 275 g/mol. The minimum Gasteiger partial charge on any atom is -0.306 e. The van der Waals surface area contributed by atoms with Crippen LogP contribution in [0.3, 0.4) is 0 Å². The van der Waals surface area contributed by atoms with E-state index in [9.17, 15) is 8.78 Å². The van der Waals surface area contributed by atoms with Crippen molar-refractivity contribution in [2.24, 2.45) is 0 Å². The predicted molar refractivity (Wildman–Crippen MR) is 77.7 cm³/mol. The third kappa shape index (κ3) is 3.05. The number of hydrogen-bond donors (Lipinski definition) is 1. The van der Waals surface area contributed by atoms with Gasteiger partial charge in [-0.25, -0.2) is 8.78 Å². The molecule has 0 fully saturated rings. The molecule has 0 aliphatic rings. The summed E-state index contributed by atoms with van der Waals surface area (Å²) in [5, 5.41) is 3.28. The summed E-state index contributed by atoms with van der Waals surface area (Å²) >= 11 is 0. The van der Waals surface area contributed by atoms with E-state index in [-0.39, 0.29) is 6.04 Å². The Hall–Kier alpha value is -1.74. The summed E-state index contributed by atoms with van der Waals surface area (Å²) in [4.78, 5) is 0. The smallest absolute Gasteiger partial charge is 0.164 e. The zero-order valence-corrected chi connectivity index (χ0v) is 11.8. The Kier molecular flexibility index (Phi) is 4.85. The zero-order valence-electron chi connectivity index (χ0n) is 11.8. The molecule has 0 aromatic heterocycles. The van der Waals surface area contributed by atoms with Crippen LogP contribution in [0.5, 0.6) is 0 Å². The molecule has 0 aliphatic heterocycles. The summed E-state index contributed by atoms with van der Waals surface area (Å²) in [6.45, 7) is 4.36. The predicted octanol–water partition coefficient (Wildman–Crippen LogP) is 4.36. The van der Waals surface area contributed by atoms with Crippen molar-refractivity contribution in [1.82, 2.24) is 5.32 Å². The molecule has 1 N–H and O–H groups in total. The number of benzene rings is 2. The molecule has 3 heteroatoms. The summed E-state index contributed by atoms with van der Waals surface area (Å²) in [5.74, 6) is -1.52. The first-order valence-corrected chi connectivity index (χ1v) is 6.88. The maximum atomic E-state index is 14.2. The third-order valence-electron chi connectivity index (χ3n) is 3.35. The van der Waals surface area contributed by atoms with Gasteiger partial charge in [-0.3, -0.25) is 0 Å². The molecular formula is C17H19F2N. The average Bonchev–Trinajstić information content (AvgIpc) is 2.48. The molecule has 1 unspecified atom stereocenters. The van der Waals surface area contributed by atoms with Crippen LogP contribution < -0.4 is 5.32 Å². The normalized spacial score (nSPS) is 12.4.